The number of likely N-dealkylation sites (N-methyl/N-ethyl adjacent to an activating group) is 1. The number of carbonyl (C=O) groups is 1. The van der Waals surface area contributed by atoms with Crippen LogP contribution in [-0.4, -0.2) is 54.4 Å². The van der Waals surface area contributed by atoms with E-state index in [0.29, 0.717) is 18.0 Å². The van der Waals surface area contributed by atoms with E-state index in [-0.39, 0.29) is 11.6 Å². The van der Waals surface area contributed by atoms with Gasteiger partial charge < -0.3 is 9.80 Å². The van der Waals surface area contributed by atoms with Crippen molar-refractivity contribution in [1.82, 2.24) is 9.80 Å². The third-order valence-electron chi connectivity index (χ3n) is 4.83. The van der Waals surface area contributed by atoms with Gasteiger partial charge in [-0.25, -0.2) is 0 Å². The molecule has 1 aliphatic rings. The van der Waals surface area contributed by atoms with Crippen LogP contribution in [-0.2, 0) is 4.79 Å². The van der Waals surface area contributed by atoms with Crippen molar-refractivity contribution in [2.45, 2.75) is 32.1 Å². The van der Waals surface area contributed by atoms with Crippen molar-refractivity contribution in [3.8, 4) is 0 Å². The Morgan fingerprint density at radius 2 is 1.96 bits per heavy atom. The molecule has 0 heterocycles. The van der Waals surface area contributed by atoms with Crippen molar-refractivity contribution in [3.63, 3.8) is 0 Å². The second-order valence-electron chi connectivity index (χ2n) is 7.28. The molecule has 1 saturated carbocycles. The van der Waals surface area contributed by atoms with Gasteiger partial charge in [0.1, 0.15) is 0 Å². The van der Waals surface area contributed by atoms with Crippen LogP contribution in [0.3, 0.4) is 0 Å². The van der Waals surface area contributed by atoms with Crippen LogP contribution in [0.25, 0.3) is 6.08 Å². The third kappa shape index (κ3) is 6.59. The zero-order valence-electron chi connectivity index (χ0n) is 15.8. The zero-order chi connectivity index (χ0) is 18.9. The molecular formula is C20H29N3O3. The topological polar surface area (TPSA) is 66.7 Å². The lowest BCUT2D eigenvalue weighted by molar-refractivity contribution is -0.384. The van der Waals surface area contributed by atoms with Gasteiger partial charge in [-0.3, -0.25) is 14.9 Å². The maximum absolute atomic E-state index is 12.7. The van der Waals surface area contributed by atoms with Gasteiger partial charge in [0.25, 0.3) is 5.69 Å². The van der Waals surface area contributed by atoms with Gasteiger partial charge >= 0.3 is 0 Å². The maximum atomic E-state index is 12.7. The second-order valence-corrected chi connectivity index (χ2v) is 7.28. The first-order valence-corrected chi connectivity index (χ1v) is 9.32. The minimum absolute atomic E-state index is 0.0241. The van der Waals surface area contributed by atoms with Crippen molar-refractivity contribution < 1.29 is 9.72 Å². The molecule has 0 atom stereocenters. The first kappa shape index (κ1) is 20.1. The summed E-state index contributed by atoms with van der Waals surface area (Å²) in [5, 5.41) is 10.9. The SMILES string of the molecule is CN(C)CCN(CC1CCCCC1)C(=O)C=Cc1cccc([N+](=O)[O-])c1. The van der Waals surface area contributed by atoms with E-state index in [1.807, 2.05) is 19.0 Å². The molecule has 6 heteroatoms. The Morgan fingerprint density at radius 3 is 2.62 bits per heavy atom. The van der Waals surface area contributed by atoms with Gasteiger partial charge in [0.15, 0.2) is 0 Å². The minimum Gasteiger partial charge on any atom is -0.338 e. The molecule has 1 amide bonds. The third-order valence-corrected chi connectivity index (χ3v) is 4.83. The smallest absolute Gasteiger partial charge is 0.270 e. The number of benzene rings is 1. The summed E-state index contributed by atoms with van der Waals surface area (Å²) in [7, 11) is 4.00. The van der Waals surface area contributed by atoms with Crippen LogP contribution in [0.1, 0.15) is 37.7 Å². The highest BCUT2D eigenvalue weighted by molar-refractivity contribution is 5.91. The first-order valence-electron chi connectivity index (χ1n) is 9.32. The van der Waals surface area contributed by atoms with Gasteiger partial charge in [-0.05, 0) is 44.5 Å². The van der Waals surface area contributed by atoms with Crippen molar-refractivity contribution >= 4 is 17.7 Å². The van der Waals surface area contributed by atoms with E-state index in [9.17, 15) is 14.9 Å². The summed E-state index contributed by atoms with van der Waals surface area (Å²) in [6.07, 6.45) is 9.40. The molecule has 0 aliphatic heterocycles. The molecule has 0 radical (unpaired) electrons. The summed E-state index contributed by atoms with van der Waals surface area (Å²) in [5.41, 5.74) is 0.698. The van der Waals surface area contributed by atoms with Gasteiger partial charge in [-0.15, -0.1) is 0 Å². The maximum Gasteiger partial charge on any atom is 0.270 e. The average molecular weight is 359 g/mol. The second kappa shape index (κ2) is 10.1. The van der Waals surface area contributed by atoms with Gasteiger partial charge in [0.2, 0.25) is 5.91 Å². The zero-order valence-corrected chi connectivity index (χ0v) is 15.8. The number of nitrogens with zero attached hydrogens (tertiary/aromatic N) is 3. The van der Waals surface area contributed by atoms with E-state index in [4.69, 9.17) is 0 Å². The fraction of sp³-hybridized carbons (Fsp3) is 0.550. The van der Waals surface area contributed by atoms with E-state index >= 15 is 0 Å². The molecule has 0 spiro atoms. The lowest BCUT2D eigenvalue weighted by Gasteiger charge is -2.30. The van der Waals surface area contributed by atoms with Gasteiger partial charge in [-0.1, -0.05) is 31.4 Å². The van der Waals surface area contributed by atoms with Crippen LogP contribution in [0, 0.1) is 16.0 Å². The predicted octanol–water partition coefficient (Wildman–Crippen LogP) is 3.58. The van der Waals surface area contributed by atoms with Crippen LogP contribution in [0.2, 0.25) is 0 Å². The van der Waals surface area contributed by atoms with E-state index < -0.39 is 4.92 Å². The van der Waals surface area contributed by atoms with Gasteiger partial charge in [-0.2, -0.15) is 0 Å². The Morgan fingerprint density at radius 1 is 1.23 bits per heavy atom. The van der Waals surface area contributed by atoms with Gasteiger partial charge in [0.05, 0.1) is 4.92 Å². The Kier molecular flexibility index (Phi) is 7.78. The summed E-state index contributed by atoms with van der Waals surface area (Å²) in [6.45, 7) is 2.32. The van der Waals surface area contributed by atoms with E-state index in [0.717, 1.165) is 13.1 Å². The molecule has 0 N–H and O–H groups in total. The standard InChI is InChI=1S/C20H29N3O3/c1-21(2)13-14-22(16-18-7-4-3-5-8-18)20(24)12-11-17-9-6-10-19(15-17)23(25)26/h6,9-12,15,18H,3-5,7-8,13-14,16H2,1-2H3. The van der Waals surface area contributed by atoms with Crippen LogP contribution < -0.4 is 0 Å². The number of non-ortho nitro benzene ring substituents is 1. The molecule has 0 unspecified atom stereocenters. The summed E-state index contributed by atoms with van der Waals surface area (Å²) in [5.74, 6) is 0.560. The minimum atomic E-state index is -0.425. The number of hydrogen-bond donors (Lipinski definition) is 0. The monoisotopic (exact) mass is 359 g/mol. The highest BCUT2D eigenvalue weighted by Crippen LogP contribution is 2.24. The number of carbonyl (C=O) groups excluding carboxylic acids is 1. The van der Waals surface area contributed by atoms with Crippen LogP contribution in [0.15, 0.2) is 30.3 Å². The van der Waals surface area contributed by atoms with Crippen molar-refractivity contribution in [2.75, 3.05) is 33.7 Å². The Balaban J connectivity index is 2.03. The quantitative estimate of drug-likeness (QED) is 0.404. The number of nitro benzene ring substituents is 1. The number of amides is 1. The van der Waals surface area contributed by atoms with E-state index in [2.05, 4.69) is 4.90 Å². The van der Waals surface area contributed by atoms with Crippen molar-refractivity contribution in [3.05, 3.63) is 46.0 Å². The predicted molar refractivity (Wildman–Crippen MR) is 104 cm³/mol. The lowest BCUT2D eigenvalue weighted by atomic mass is 9.89. The fourth-order valence-corrected chi connectivity index (χ4v) is 3.31. The Hall–Kier alpha value is -2.21. The molecule has 142 valence electrons. The molecule has 1 aromatic carbocycles. The molecule has 6 nitrogen and oxygen atoms in total. The van der Waals surface area contributed by atoms with Crippen LogP contribution in [0.5, 0.6) is 0 Å². The first-order chi connectivity index (χ1) is 12.5. The Labute approximate surface area is 155 Å². The summed E-state index contributed by atoms with van der Waals surface area (Å²) in [6, 6.07) is 6.33. The lowest BCUT2D eigenvalue weighted by Crippen LogP contribution is -2.39. The largest absolute Gasteiger partial charge is 0.338 e. The molecule has 0 bridgehead atoms. The summed E-state index contributed by atoms with van der Waals surface area (Å²) < 4.78 is 0. The molecule has 1 aromatic rings. The number of nitro groups is 1. The molecule has 26 heavy (non-hydrogen) atoms. The molecular weight excluding hydrogens is 330 g/mol. The Bertz CT molecular complexity index is 637. The number of rotatable bonds is 8. The average Bonchev–Trinajstić information content (AvgIpc) is 2.64. The number of hydrogen-bond acceptors (Lipinski definition) is 4. The molecule has 0 saturated heterocycles. The van der Waals surface area contributed by atoms with Crippen molar-refractivity contribution in [1.29, 1.82) is 0 Å². The van der Waals surface area contributed by atoms with Crippen LogP contribution in [0.4, 0.5) is 5.69 Å². The molecule has 0 aromatic heterocycles. The highest BCUT2D eigenvalue weighted by Gasteiger charge is 2.19. The van der Waals surface area contributed by atoms with Crippen molar-refractivity contribution in [2.24, 2.45) is 5.92 Å². The van der Waals surface area contributed by atoms with Gasteiger partial charge in [0, 0.05) is 37.8 Å². The highest BCUT2D eigenvalue weighted by atomic mass is 16.6. The molecule has 1 fully saturated rings. The summed E-state index contributed by atoms with van der Waals surface area (Å²) in [4.78, 5) is 27.2. The summed E-state index contributed by atoms with van der Waals surface area (Å²) >= 11 is 0. The van der Waals surface area contributed by atoms with E-state index in [1.54, 1.807) is 18.2 Å². The normalized spacial score (nSPS) is 15.5. The molecule has 1 aliphatic carbocycles. The fourth-order valence-electron chi connectivity index (χ4n) is 3.31. The molecule has 2 rings (SSSR count). The van der Waals surface area contributed by atoms with Crippen LogP contribution >= 0.6 is 0 Å². The van der Waals surface area contributed by atoms with E-state index in [1.165, 1.54) is 50.3 Å².